The molecule has 4 nitrogen and oxygen atoms in total. The van der Waals surface area contributed by atoms with Crippen LogP contribution in [0, 0.1) is 6.92 Å². The minimum atomic E-state index is -0.259. The van der Waals surface area contributed by atoms with Crippen molar-refractivity contribution in [3.8, 4) is 5.75 Å². The summed E-state index contributed by atoms with van der Waals surface area (Å²) in [5.41, 5.74) is 2.17. The number of esters is 1. The maximum atomic E-state index is 12.5. The minimum absolute atomic E-state index is 0.0617. The lowest BCUT2D eigenvalue weighted by Gasteiger charge is -2.13. The highest BCUT2D eigenvalue weighted by atomic mass is 16.5. The monoisotopic (exact) mass is 285 g/mol. The molecule has 1 aliphatic rings. The number of pyridine rings is 1. The number of benzene rings is 1. The van der Waals surface area contributed by atoms with Crippen molar-refractivity contribution in [2.45, 2.75) is 38.7 Å². The molecule has 1 aromatic heterocycles. The van der Waals surface area contributed by atoms with Crippen molar-refractivity contribution in [1.29, 1.82) is 0 Å². The quantitative estimate of drug-likeness (QED) is 0.808. The third-order valence-corrected chi connectivity index (χ3v) is 3.94. The van der Waals surface area contributed by atoms with Crippen molar-refractivity contribution in [3.63, 3.8) is 0 Å². The molecule has 0 saturated heterocycles. The summed E-state index contributed by atoms with van der Waals surface area (Å²) in [5, 5.41) is 0.781. The SMILES string of the molecule is COc1ccc2nc(C)cc(C(=O)OC3CCCC3)c2c1. The maximum absolute atomic E-state index is 12.5. The fraction of sp³-hybridized carbons (Fsp3) is 0.412. The number of methoxy groups -OCH3 is 1. The highest BCUT2D eigenvalue weighted by molar-refractivity contribution is 6.04. The van der Waals surface area contributed by atoms with Crippen molar-refractivity contribution in [2.75, 3.05) is 7.11 Å². The van der Waals surface area contributed by atoms with Gasteiger partial charge in [0.25, 0.3) is 0 Å². The fourth-order valence-electron chi connectivity index (χ4n) is 2.85. The average Bonchev–Trinajstić information content (AvgIpc) is 2.98. The van der Waals surface area contributed by atoms with E-state index in [9.17, 15) is 4.79 Å². The molecule has 0 aliphatic heterocycles. The van der Waals surface area contributed by atoms with Gasteiger partial charge in [-0.25, -0.2) is 4.79 Å². The zero-order valence-corrected chi connectivity index (χ0v) is 12.4. The van der Waals surface area contributed by atoms with Crippen LogP contribution in [0.2, 0.25) is 0 Å². The molecule has 2 aromatic rings. The van der Waals surface area contributed by atoms with Crippen LogP contribution in [0.3, 0.4) is 0 Å². The Bertz CT molecular complexity index is 675. The summed E-state index contributed by atoms with van der Waals surface area (Å²) in [6, 6.07) is 7.35. The standard InChI is InChI=1S/C17H19NO3/c1-11-9-15(17(19)21-12-5-3-4-6-12)14-10-13(20-2)7-8-16(14)18-11/h7-10,12H,3-6H2,1-2H3. The van der Waals surface area contributed by atoms with Gasteiger partial charge < -0.3 is 9.47 Å². The van der Waals surface area contributed by atoms with E-state index in [1.165, 1.54) is 0 Å². The summed E-state index contributed by atoms with van der Waals surface area (Å²) in [7, 11) is 1.61. The van der Waals surface area contributed by atoms with Crippen LogP contribution < -0.4 is 4.74 Å². The highest BCUT2D eigenvalue weighted by Crippen LogP contribution is 2.27. The third kappa shape index (κ3) is 2.84. The van der Waals surface area contributed by atoms with Gasteiger partial charge in [0.15, 0.2) is 0 Å². The Balaban J connectivity index is 2.00. The van der Waals surface area contributed by atoms with Gasteiger partial charge in [-0.2, -0.15) is 0 Å². The normalized spacial score (nSPS) is 15.3. The van der Waals surface area contributed by atoms with Crippen molar-refractivity contribution < 1.29 is 14.3 Å². The molecule has 0 N–H and O–H groups in total. The average molecular weight is 285 g/mol. The molecule has 1 aromatic carbocycles. The number of aryl methyl sites for hydroxylation is 1. The molecule has 21 heavy (non-hydrogen) atoms. The van der Waals surface area contributed by atoms with Crippen LogP contribution >= 0.6 is 0 Å². The summed E-state index contributed by atoms with van der Waals surface area (Å²) in [5.74, 6) is 0.453. The van der Waals surface area contributed by atoms with Gasteiger partial charge in [-0.05, 0) is 56.9 Å². The number of fused-ring (bicyclic) bond motifs is 1. The number of nitrogens with zero attached hydrogens (tertiary/aromatic N) is 1. The van der Waals surface area contributed by atoms with E-state index < -0.39 is 0 Å². The number of rotatable bonds is 3. The lowest BCUT2D eigenvalue weighted by molar-refractivity contribution is 0.0320. The van der Waals surface area contributed by atoms with E-state index in [-0.39, 0.29) is 12.1 Å². The zero-order valence-electron chi connectivity index (χ0n) is 12.4. The molecule has 3 rings (SSSR count). The smallest absolute Gasteiger partial charge is 0.339 e. The van der Waals surface area contributed by atoms with E-state index in [1.807, 2.05) is 25.1 Å². The predicted molar refractivity (Wildman–Crippen MR) is 80.7 cm³/mol. The van der Waals surface area contributed by atoms with Gasteiger partial charge in [0, 0.05) is 11.1 Å². The van der Waals surface area contributed by atoms with Gasteiger partial charge in [0.1, 0.15) is 11.9 Å². The molecule has 0 unspecified atom stereocenters. The Kier molecular flexibility index (Phi) is 3.78. The van der Waals surface area contributed by atoms with Crippen LogP contribution in [0.15, 0.2) is 24.3 Å². The van der Waals surface area contributed by atoms with Crippen LogP contribution in [-0.4, -0.2) is 24.2 Å². The molecule has 0 atom stereocenters. The van der Waals surface area contributed by atoms with E-state index in [0.717, 1.165) is 42.3 Å². The molecule has 1 aliphatic carbocycles. The summed E-state index contributed by atoms with van der Waals surface area (Å²) >= 11 is 0. The van der Waals surface area contributed by atoms with Gasteiger partial charge in [0.05, 0.1) is 18.2 Å². The van der Waals surface area contributed by atoms with Crippen molar-refractivity contribution in [1.82, 2.24) is 4.98 Å². The van der Waals surface area contributed by atoms with Crippen LogP contribution in [0.1, 0.15) is 41.7 Å². The topological polar surface area (TPSA) is 48.4 Å². The zero-order chi connectivity index (χ0) is 14.8. The molecule has 0 bridgehead atoms. The Hall–Kier alpha value is -2.10. The maximum Gasteiger partial charge on any atom is 0.339 e. The molecule has 0 spiro atoms. The van der Waals surface area contributed by atoms with Crippen molar-refractivity contribution in [3.05, 3.63) is 35.5 Å². The fourth-order valence-corrected chi connectivity index (χ4v) is 2.85. The summed E-state index contributed by atoms with van der Waals surface area (Å²) in [6.45, 7) is 1.88. The van der Waals surface area contributed by atoms with Crippen molar-refractivity contribution >= 4 is 16.9 Å². The van der Waals surface area contributed by atoms with Crippen LogP contribution in [0.5, 0.6) is 5.75 Å². The Morgan fingerprint density at radius 1 is 1.24 bits per heavy atom. The van der Waals surface area contributed by atoms with Gasteiger partial charge in [-0.1, -0.05) is 0 Å². The second-order valence-electron chi connectivity index (χ2n) is 5.51. The Labute approximate surface area is 124 Å². The van der Waals surface area contributed by atoms with E-state index in [1.54, 1.807) is 13.2 Å². The number of ether oxygens (including phenoxy) is 2. The summed E-state index contributed by atoms with van der Waals surface area (Å²) < 4.78 is 10.9. The third-order valence-electron chi connectivity index (χ3n) is 3.94. The molecule has 1 saturated carbocycles. The molecule has 0 amide bonds. The van der Waals surface area contributed by atoms with Crippen molar-refractivity contribution in [2.24, 2.45) is 0 Å². The number of hydrogen-bond donors (Lipinski definition) is 0. The van der Waals surface area contributed by atoms with Gasteiger partial charge in [0.2, 0.25) is 0 Å². The van der Waals surface area contributed by atoms with E-state index in [0.29, 0.717) is 11.3 Å². The predicted octanol–water partition coefficient (Wildman–Crippen LogP) is 3.65. The van der Waals surface area contributed by atoms with E-state index >= 15 is 0 Å². The second-order valence-corrected chi connectivity index (χ2v) is 5.51. The lowest BCUT2D eigenvalue weighted by Crippen LogP contribution is -2.15. The van der Waals surface area contributed by atoms with Crippen LogP contribution in [0.4, 0.5) is 0 Å². The number of hydrogen-bond acceptors (Lipinski definition) is 4. The van der Waals surface area contributed by atoms with Gasteiger partial charge in [-0.15, -0.1) is 0 Å². The summed E-state index contributed by atoms with van der Waals surface area (Å²) in [4.78, 5) is 16.9. The molecule has 1 heterocycles. The van der Waals surface area contributed by atoms with Gasteiger partial charge >= 0.3 is 5.97 Å². The molecule has 0 radical (unpaired) electrons. The molecule has 110 valence electrons. The lowest BCUT2D eigenvalue weighted by atomic mass is 10.1. The Morgan fingerprint density at radius 3 is 2.71 bits per heavy atom. The summed E-state index contributed by atoms with van der Waals surface area (Å²) in [6.07, 6.45) is 4.28. The second kappa shape index (κ2) is 5.72. The Morgan fingerprint density at radius 2 is 2.00 bits per heavy atom. The van der Waals surface area contributed by atoms with Crippen LogP contribution in [-0.2, 0) is 4.74 Å². The van der Waals surface area contributed by atoms with Crippen LogP contribution in [0.25, 0.3) is 10.9 Å². The first-order valence-corrected chi connectivity index (χ1v) is 7.34. The molecular weight excluding hydrogens is 266 g/mol. The first-order valence-electron chi connectivity index (χ1n) is 7.34. The molecule has 1 fully saturated rings. The van der Waals surface area contributed by atoms with E-state index in [2.05, 4.69) is 4.98 Å². The minimum Gasteiger partial charge on any atom is -0.497 e. The number of aromatic nitrogens is 1. The first-order chi connectivity index (χ1) is 10.2. The largest absolute Gasteiger partial charge is 0.497 e. The number of carbonyl (C=O) groups excluding carboxylic acids is 1. The molecule has 4 heteroatoms. The highest BCUT2D eigenvalue weighted by Gasteiger charge is 2.22. The van der Waals surface area contributed by atoms with Gasteiger partial charge in [-0.3, -0.25) is 4.98 Å². The first kappa shape index (κ1) is 13.9. The molecular formula is C17H19NO3. The van der Waals surface area contributed by atoms with E-state index in [4.69, 9.17) is 9.47 Å². The number of carbonyl (C=O) groups is 1.